The summed E-state index contributed by atoms with van der Waals surface area (Å²) in [5.74, 6) is 1.43. The average molecular weight is 482 g/mol. The van der Waals surface area contributed by atoms with E-state index < -0.39 is 10.0 Å². The molecule has 8 heteroatoms. The molecule has 0 saturated carbocycles. The van der Waals surface area contributed by atoms with Gasteiger partial charge >= 0.3 is 0 Å². The highest BCUT2D eigenvalue weighted by molar-refractivity contribution is 14.0. The first-order valence-electron chi connectivity index (χ1n) is 8.31. The van der Waals surface area contributed by atoms with Crippen molar-refractivity contribution in [1.29, 1.82) is 0 Å². The van der Waals surface area contributed by atoms with Crippen LogP contribution in [0.15, 0.2) is 34.2 Å². The molecule has 1 aromatic carbocycles. The molecule has 0 aliphatic heterocycles. The standard InChI is InChI=1S/C17H30N4O2S.HI/c1-6-18-17(19-12-11-14(2)3)20-13-15-7-9-16(10-8-15)24(22,23)21(4)5;/h7-10,14H,6,11-13H2,1-5H3,(H2,18,19,20);1H. The summed E-state index contributed by atoms with van der Waals surface area (Å²) >= 11 is 0. The Labute approximate surface area is 169 Å². The highest BCUT2D eigenvalue weighted by atomic mass is 127. The van der Waals surface area contributed by atoms with Crippen molar-refractivity contribution >= 4 is 40.0 Å². The van der Waals surface area contributed by atoms with E-state index in [1.807, 2.05) is 6.92 Å². The van der Waals surface area contributed by atoms with Crippen LogP contribution in [-0.4, -0.2) is 45.9 Å². The Morgan fingerprint density at radius 2 is 1.76 bits per heavy atom. The summed E-state index contributed by atoms with van der Waals surface area (Å²) in [5, 5.41) is 6.52. The van der Waals surface area contributed by atoms with Crippen LogP contribution in [0.1, 0.15) is 32.8 Å². The summed E-state index contributed by atoms with van der Waals surface area (Å²) in [4.78, 5) is 4.84. The predicted octanol–water partition coefficient (Wildman–Crippen LogP) is 2.66. The second-order valence-corrected chi connectivity index (χ2v) is 8.39. The predicted molar refractivity (Wildman–Crippen MR) is 115 cm³/mol. The summed E-state index contributed by atoms with van der Waals surface area (Å²) in [5.41, 5.74) is 0.966. The molecule has 0 aliphatic rings. The van der Waals surface area contributed by atoms with E-state index in [4.69, 9.17) is 0 Å². The number of rotatable bonds is 8. The van der Waals surface area contributed by atoms with E-state index in [-0.39, 0.29) is 24.0 Å². The molecular weight excluding hydrogens is 451 g/mol. The summed E-state index contributed by atoms with van der Waals surface area (Å²) < 4.78 is 25.3. The maximum absolute atomic E-state index is 12.0. The van der Waals surface area contributed by atoms with E-state index in [0.717, 1.165) is 31.0 Å². The quantitative estimate of drug-likeness (QED) is 0.340. The molecule has 144 valence electrons. The molecule has 0 aliphatic carbocycles. The van der Waals surface area contributed by atoms with Gasteiger partial charge in [-0.2, -0.15) is 0 Å². The Kier molecular flexibility index (Phi) is 11.3. The minimum atomic E-state index is -3.38. The fraction of sp³-hybridized carbons (Fsp3) is 0.588. The second-order valence-electron chi connectivity index (χ2n) is 6.24. The molecule has 6 nitrogen and oxygen atoms in total. The Morgan fingerprint density at radius 1 is 1.16 bits per heavy atom. The van der Waals surface area contributed by atoms with Crippen molar-refractivity contribution in [2.45, 2.75) is 38.6 Å². The maximum Gasteiger partial charge on any atom is 0.242 e. The lowest BCUT2D eigenvalue weighted by atomic mass is 10.1. The summed E-state index contributed by atoms with van der Waals surface area (Å²) in [6.07, 6.45) is 1.08. The van der Waals surface area contributed by atoms with Crippen molar-refractivity contribution in [2.75, 3.05) is 27.2 Å². The highest BCUT2D eigenvalue weighted by Gasteiger charge is 2.16. The zero-order valence-corrected chi connectivity index (χ0v) is 18.9. The second kappa shape index (κ2) is 11.7. The SMILES string of the molecule is CCNC(=NCc1ccc(S(=O)(=O)N(C)C)cc1)NCCC(C)C.I. The first kappa shape index (κ1) is 24.1. The number of nitrogens with zero attached hydrogens (tertiary/aromatic N) is 2. The fourth-order valence-corrected chi connectivity index (χ4v) is 2.87. The number of aliphatic imine (C=N–C) groups is 1. The largest absolute Gasteiger partial charge is 0.357 e. The van der Waals surface area contributed by atoms with Gasteiger partial charge in [-0.05, 0) is 37.0 Å². The van der Waals surface area contributed by atoms with Gasteiger partial charge in [-0.3, -0.25) is 0 Å². The van der Waals surface area contributed by atoms with Crippen LogP contribution in [0, 0.1) is 5.92 Å². The zero-order chi connectivity index (χ0) is 18.2. The lowest BCUT2D eigenvalue weighted by Crippen LogP contribution is -2.38. The normalized spacial score (nSPS) is 12.2. The Morgan fingerprint density at radius 3 is 2.24 bits per heavy atom. The monoisotopic (exact) mass is 482 g/mol. The minimum absolute atomic E-state index is 0. The number of benzene rings is 1. The molecular formula is C17H31IN4O2S. The van der Waals surface area contributed by atoms with Gasteiger partial charge in [-0.25, -0.2) is 17.7 Å². The molecule has 0 atom stereocenters. The summed E-state index contributed by atoms with van der Waals surface area (Å²) in [6, 6.07) is 6.85. The molecule has 0 fully saturated rings. The van der Waals surface area contributed by atoms with Crippen LogP contribution in [0.25, 0.3) is 0 Å². The van der Waals surface area contributed by atoms with Gasteiger partial charge < -0.3 is 10.6 Å². The first-order chi connectivity index (χ1) is 11.3. The molecule has 0 bridgehead atoms. The van der Waals surface area contributed by atoms with Crippen LogP contribution in [0.5, 0.6) is 0 Å². The number of guanidine groups is 1. The van der Waals surface area contributed by atoms with Gasteiger partial charge in [-0.15, -0.1) is 24.0 Å². The summed E-state index contributed by atoms with van der Waals surface area (Å²) in [7, 11) is -0.327. The molecule has 0 radical (unpaired) electrons. The van der Waals surface area contributed by atoms with Crippen molar-refractivity contribution in [3.63, 3.8) is 0 Å². The number of halogens is 1. The molecule has 0 amide bonds. The highest BCUT2D eigenvalue weighted by Crippen LogP contribution is 2.14. The van der Waals surface area contributed by atoms with Crippen LogP contribution >= 0.6 is 24.0 Å². The average Bonchev–Trinajstić information content (AvgIpc) is 2.52. The van der Waals surface area contributed by atoms with Gasteiger partial charge in [0.25, 0.3) is 0 Å². The van der Waals surface area contributed by atoms with Crippen molar-refractivity contribution < 1.29 is 8.42 Å². The molecule has 2 N–H and O–H groups in total. The molecule has 1 rings (SSSR count). The van der Waals surface area contributed by atoms with Crippen molar-refractivity contribution in [3.8, 4) is 0 Å². The van der Waals surface area contributed by atoms with Crippen molar-refractivity contribution in [2.24, 2.45) is 10.9 Å². The molecule has 0 spiro atoms. The molecule has 0 aromatic heterocycles. The third-order valence-electron chi connectivity index (χ3n) is 3.48. The van der Waals surface area contributed by atoms with Crippen molar-refractivity contribution in [1.82, 2.24) is 14.9 Å². The van der Waals surface area contributed by atoms with Crippen LogP contribution in [-0.2, 0) is 16.6 Å². The van der Waals surface area contributed by atoms with E-state index >= 15 is 0 Å². The van der Waals surface area contributed by atoms with E-state index in [2.05, 4.69) is 29.5 Å². The maximum atomic E-state index is 12.0. The lowest BCUT2D eigenvalue weighted by Gasteiger charge is -2.13. The molecule has 1 aromatic rings. The van der Waals surface area contributed by atoms with Gasteiger partial charge in [0, 0.05) is 27.2 Å². The van der Waals surface area contributed by atoms with E-state index in [9.17, 15) is 8.42 Å². The van der Waals surface area contributed by atoms with E-state index in [1.165, 1.54) is 18.4 Å². The Hall–Kier alpha value is -0.870. The molecule has 25 heavy (non-hydrogen) atoms. The van der Waals surface area contributed by atoms with Gasteiger partial charge in [0.1, 0.15) is 0 Å². The summed E-state index contributed by atoms with van der Waals surface area (Å²) in [6.45, 7) is 8.58. The number of sulfonamides is 1. The van der Waals surface area contributed by atoms with Crippen LogP contribution in [0.2, 0.25) is 0 Å². The Bertz CT molecular complexity index is 629. The van der Waals surface area contributed by atoms with Crippen LogP contribution in [0.3, 0.4) is 0 Å². The fourth-order valence-electron chi connectivity index (χ4n) is 1.97. The third kappa shape index (κ3) is 8.37. The number of nitrogens with one attached hydrogen (secondary N) is 2. The Balaban J connectivity index is 0.00000576. The lowest BCUT2D eigenvalue weighted by molar-refractivity contribution is 0.520. The van der Waals surface area contributed by atoms with Gasteiger partial charge in [0.2, 0.25) is 10.0 Å². The van der Waals surface area contributed by atoms with Crippen LogP contribution in [0.4, 0.5) is 0 Å². The smallest absolute Gasteiger partial charge is 0.242 e. The zero-order valence-electron chi connectivity index (χ0n) is 15.7. The third-order valence-corrected chi connectivity index (χ3v) is 5.31. The topological polar surface area (TPSA) is 73.8 Å². The van der Waals surface area contributed by atoms with Gasteiger partial charge in [0.15, 0.2) is 5.96 Å². The number of hydrogen-bond acceptors (Lipinski definition) is 3. The van der Waals surface area contributed by atoms with E-state index in [1.54, 1.807) is 24.3 Å². The van der Waals surface area contributed by atoms with Crippen LogP contribution < -0.4 is 10.6 Å². The molecule has 0 saturated heterocycles. The van der Waals surface area contributed by atoms with E-state index in [0.29, 0.717) is 17.4 Å². The minimum Gasteiger partial charge on any atom is -0.357 e. The number of hydrogen-bond donors (Lipinski definition) is 2. The first-order valence-corrected chi connectivity index (χ1v) is 9.75. The molecule has 0 unspecified atom stereocenters. The van der Waals surface area contributed by atoms with Gasteiger partial charge in [-0.1, -0.05) is 26.0 Å². The molecule has 0 heterocycles. The van der Waals surface area contributed by atoms with Gasteiger partial charge in [0.05, 0.1) is 11.4 Å². The van der Waals surface area contributed by atoms with Crippen molar-refractivity contribution in [3.05, 3.63) is 29.8 Å².